The Balaban J connectivity index is 2.05. The van der Waals surface area contributed by atoms with E-state index in [1.807, 2.05) is 25.1 Å². The normalized spacial score (nSPS) is 11.7. The van der Waals surface area contributed by atoms with Crippen LogP contribution in [0.2, 0.25) is 0 Å². The lowest BCUT2D eigenvalue weighted by atomic mass is 9.87. The number of phenolic OH excluding ortho intramolecular Hbond substituents is 1. The summed E-state index contributed by atoms with van der Waals surface area (Å²) in [6, 6.07) is 12.7. The molecule has 2 N–H and O–H groups in total. The molecule has 2 aromatic rings. The second-order valence-corrected chi connectivity index (χ2v) is 6.59. The van der Waals surface area contributed by atoms with Crippen molar-refractivity contribution in [1.82, 2.24) is 5.43 Å². The number of phenols is 1. The Morgan fingerprint density at radius 3 is 2.39 bits per heavy atom. The highest BCUT2D eigenvalue weighted by molar-refractivity contribution is 5.95. The monoisotopic (exact) mass is 310 g/mol. The minimum Gasteiger partial charge on any atom is -0.507 e. The number of hydrazone groups is 1. The third-order valence-corrected chi connectivity index (χ3v) is 3.57. The van der Waals surface area contributed by atoms with E-state index in [1.165, 1.54) is 11.8 Å². The first-order valence-corrected chi connectivity index (χ1v) is 7.51. The maximum absolute atomic E-state index is 12.1. The second-order valence-electron chi connectivity index (χ2n) is 6.59. The first-order chi connectivity index (χ1) is 10.8. The van der Waals surface area contributed by atoms with Gasteiger partial charge in [0.25, 0.3) is 5.91 Å². The van der Waals surface area contributed by atoms with E-state index in [1.54, 1.807) is 24.3 Å². The molecule has 0 aromatic heterocycles. The van der Waals surface area contributed by atoms with Gasteiger partial charge in [-0.2, -0.15) is 5.10 Å². The number of carbonyl (C=O) groups is 1. The average molecular weight is 310 g/mol. The molecule has 0 aliphatic carbocycles. The van der Waals surface area contributed by atoms with Crippen molar-refractivity contribution >= 4 is 12.1 Å². The first-order valence-electron chi connectivity index (χ1n) is 7.51. The van der Waals surface area contributed by atoms with Crippen LogP contribution in [0.1, 0.15) is 47.8 Å². The number of nitrogens with one attached hydrogen (secondary N) is 1. The molecular formula is C19H22N2O2. The van der Waals surface area contributed by atoms with Gasteiger partial charge in [0, 0.05) is 11.1 Å². The standard InChI is InChI=1S/C19H22N2O2/c1-13-5-10-17(22)15(11-13)12-20-21-18(23)14-6-8-16(9-7-14)19(2,3)4/h5-12,22H,1-4H3,(H,21,23)/b20-12+. The molecule has 0 fully saturated rings. The van der Waals surface area contributed by atoms with E-state index >= 15 is 0 Å². The van der Waals surface area contributed by atoms with Gasteiger partial charge in [0.15, 0.2) is 0 Å². The molecule has 0 saturated carbocycles. The number of aromatic hydroxyl groups is 1. The van der Waals surface area contributed by atoms with E-state index < -0.39 is 0 Å². The summed E-state index contributed by atoms with van der Waals surface area (Å²) in [5.41, 5.74) is 5.81. The summed E-state index contributed by atoms with van der Waals surface area (Å²) < 4.78 is 0. The Labute approximate surface area is 136 Å². The molecule has 23 heavy (non-hydrogen) atoms. The summed E-state index contributed by atoms with van der Waals surface area (Å²) in [6.07, 6.45) is 1.43. The molecule has 4 nitrogen and oxygen atoms in total. The average Bonchev–Trinajstić information content (AvgIpc) is 2.50. The smallest absolute Gasteiger partial charge is 0.271 e. The molecule has 120 valence electrons. The maximum Gasteiger partial charge on any atom is 0.271 e. The molecule has 0 heterocycles. The molecule has 0 aliphatic heterocycles. The van der Waals surface area contributed by atoms with Crippen LogP contribution in [0, 0.1) is 6.92 Å². The number of amides is 1. The van der Waals surface area contributed by atoms with Gasteiger partial charge in [0.2, 0.25) is 0 Å². The quantitative estimate of drug-likeness (QED) is 0.670. The summed E-state index contributed by atoms with van der Waals surface area (Å²) in [4.78, 5) is 12.1. The first kappa shape index (κ1) is 16.7. The van der Waals surface area contributed by atoms with Crippen LogP contribution in [0.3, 0.4) is 0 Å². The molecule has 1 amide bonds. The van der Waals surface area contributed by atoms with Gasteiger partial charge in [-0.25, -0.2) is 5.43 Å². The fourth-order valence-electron chi connectivity index (χ4n) is 2.12. The molecular weight excluding hydrogens is 288 g/mol. The number of aryl methyl sites for hydroxylation is 1. The minimum atomic E-state index is -0.283. The van der Waals surface area contributed by atoms with Gasteiger partial charge in [0.05, 0.1) is 6.21 Å². The van der Waals surface area contributed by atoms with Crippen LogP contribution in [0.4, 0.5) is 0 Å². The summed E-state index contributed by atoms with van der Waals surface area (Å²) >= 11 is 0. The van der Waals surface area contributed by atoms with Gasteiger partial charge in [-0.3, -0.25) is 4.79 Å². The summed E-state index contributed by atoms with van der Waals surface area (Å²) in [6.45, 7) is 8.30. The van der Waals surface area contributed by atoms with Crippen LogP contribution in [-0.2, 0) is 5.41 Å². The number of rotatable bonds is 3. The van der Waals surface area contributed by atoms with Gasteiger partial charge in [-0.05, 0) is 42.2 Å². The van der Waals surface area contributed by atoms with Crippen LogP contribution in [0.25, 0.3) is 0 Å². The summed E-state index contributed by atoms with van der Waals surface area (Å²) in [5.74, 6) is -0.156. The van der Waals surface area contributed by atoms with Crippen molar-refractivity contribution in [2.24, 2.45) is 5.10 Å². The maximum atomic E-state index is 12.1. The number of hydrogen-bond acceptors (Lipinski definition) is 3. The van der Waals surface area contributed by atoms with E-state index in [0.717, 1.165) is 5.56 Å². The van der Waals surface area contributed by atoms with E-state index in [9.17, 15) is 9.90 Å². The number of carbonyl (C=O) groups excluding carboxylic acids is 1. The highest BCUT2D eigenvalue weighted by atomic mass is 16.3. The van der Waals surface area contributed by atoms with Gasteiger partial charge in [-0.1, -0.05) is 44.5 Å². The Morgan fingerprint density at radius 1 is 1.13 bits per heavy atom. The lowest BCUT2D eigenvalue weighted by Gasteiger charge is -2.18. The highest BCUT2D eigenvalue weighted by Gasteiger charge is 2.14. The lowest BCUT2D eigenvalue weighted by molar-refractivity contribution is 0.0955. The molecule has 0 bridgehead atoms. The van der Waals surface area contributed by atoms with Crippen molar-refractivity contribution < 1.29 is 9.90 Å². The Hall–Kier alpha value is -2.62. The van der Waals surface area contributed by atoms with E-state index in [4.69, 9.17) is 0 Å². The van der Waals surface area contributed by atoms with E-state index in [2.05, 4.69) is 31.3 Å². The Kier molecular flexibility index (Phi) is 4.84. The zero-order valence-corrected chi connectivity index (χ0v) is 13.9. The van der Waals surface area contributed by atoms with Crippen molar-refractivity contribution in [3.63, 3.8) is 0 Å². The Morgan fingerprint density at radius 2 is 1.78 bits per heavy atom. The van der Waals surface area contributed by atoms with Crippen LogP contribution in [0.15, 0.2) is 47.6 Å². The van der Waals surface area contributed by atoms with Crippen LogP contribution >= 0.6 is 0 Å². The summed E-state index contributed by atoms with van der Waals surface area (Å²) in [5, 5.41) is 13.6. The molecule has 0 spiro atoms. The highest BCUT2D eigenvalue weighted by Crippen LogP contribution is 2.22. The van der Waals surface area contributed by atoms with E-state index in [-0.39, 0.29) is 17.1 Å². The predicted molar refractivity (Wildman–Crippen MR) is 93.0 cm³/mol. The number of hydrogen-bond donors (Lipinski definition) is 2. The molecule has 0 saturated heterocycles. The van der Waals surface area contributed by atoms with Crippen molar-refractivity contribution in [3.8, 4) is 5.75 Å². The van der Waals surface area contributed by atoms with Gasteiger partial charge >= 0.3 is 0 Å². The van der Waals surface area contributed by atoms with Crippen LogP contribution in [0.5, 0.6) is 5.75 Å². The van der Waals surface area contributed by atoms with Crippen LogP contribution in [-0.4, -0.2) is 17.2 Å². The van der Waals surface area contributed by atoms with Gasteiger partial charge < -0.3 is 5.11 Å². The molecule has 2 aromatic carbocycles. The molecule has 4 heteroatoms. The fourth-order valence-corrected chi connectivity index (χ4v) is 2.12. The second kappa shape index (κ2) is 6.65. The predicted octanol–water partition coefficient (Wildman–Crippen LogP) is 3.76. The third kappa shape index (κ3) is 4.42. The Bertz CT molecular complexity index is 726. The van der Waals surface area contributed by atoms with Crippen molar-refractivity contribution in [2.45, 2.75) is 33.1 Å². The van der Waals surface area contributed by atoms with Crippen molar-refractivity contribution in [2.75, 3.05) is 0 Å². The fraction of sp³-hybridized carbons (Fsp3) is 0.263. The van der Waals surface area contributed by atoms with Crippen molar-refractivity contribution in [1.29, 1.82) is 0 Å². The van der Waals surface area contributed by atoms with E-state index in [0.29, 0.717) is 11.1 Å². The zero-order chi connectivity index (χ0) is 17.0. The third-order valence-electron chi connectivity index (χ3n) is 3.57. The molecule has 0 unspecified atom stereocenters. The molecule has 0 atom stereocenters. The lowest BCUT2D eigenvalue weighted by Crippen LogP contribution is -2.18. The van der Waals surface area contributed by atoms with Gasteiger partial charge in [-0.15, -0.1) is 0 Å². The van der Waals surface area contributed by atoms with Gasteiger partial charge in [0.1, 0.15) is 5.75 Å². The number of nitrogens with zero attached hydrogens (tertiary/aromatic N) is 1. The molecule has 2 rings (SSSR count). The largest absolute Gasteiger partial charge is 0.507 e. The van der Waals surface area contributed by atoms with Crippen molar-refractivity contribution in [3.05, 3.63) is 64.7 Å². The topological polar surface area (TPSA) is 61.7 Å². The minimum absolute atomic E-state index is 0.0514. The molecule has 0 aliphatic rings. The van der Waals surface area contributed by atoms with Crippen LogP contribution < -0.4 is 5.43 Å². The zero-order valence-electron chi connectivity index (χ0n) is 13.9. The molecule has 0 radical (unpaired) electrons. The summed E-state index contributed by atoms with van der Waals surface area (Å²) in [7, 11) is 0. The SMILES string of the molecule is Cc1ccc(O)c(/C=N/NC(=O)c2ccc(C(C)(C)C)cc2)c1. The number of benzene rings is 2.